The van der Waals surface area contributed by atoms with Gasteiger partial charge in [0.2, 0.25) is 0 Å². The van der Waals surface area contributed by atoms with Crippen LogP contribution in [0.15, 0.2) is 53.5 Å². The van der Waals surface area contributed by atoms with Crippen molar-refractivity contribution in [2.45, 2.75) is 51.9 Å². The fourth-order valence-electron chi connectivity index (χ4n) is 4.65. The number of pyridine rings is 1. The first kappa shape index (κ1) is 29.9. The first-order valence-corrected chi connectivity index (χ1v) is 13.2. The number of likely N-dealkylation sites (tertiary alicyclic amines) is 1. The highest BCUT2D eigenvalue weighted by atomic mass is 19.4. The third-order valence-electron chi connectivity index (χ3n) is 6.81. The number of amides is 2. The predicted octanol–water partition coefficient (Wildman–Crippen LogP) is 6.49. The van der Waals surface area contributed by atoms with Gasteiger partial charge in [-0.05, 0) is 69.7 Å². The van der Waals surface area contributed by atoms with E-state index in [0.29, 0.717) is 30.6 Å². The van der Waals surface area contributed by atoms with Crippen LogP contribution in [0.4, 0.5) is 33.7 Å². The molecule has 41 heavy (non-hydrogen) atoms. The van der Waals surface area contributed by atoms with E-state index < -0.39 is 34.7 Å². The first-order valence-electron chi connectivity index (χ1n) is 13.2. The predicted molar refractivity (Wildman–Crippen MR) is 148 cm³/mol. The van der Waals surface area contributed by atoms with Crippen LogP contribution >= 0.6 is 0 Å². The maximum atomic E-state index is 14.8. The van der Waals surface area contributed by atoms with Crippen LogP contribution in [-0.4, -0.2) is 47.3 Å². The zero-order valence-electron chi connectivity index (χ0n) is 23.1. The molecular formula is C29H32F4N4O4. The molecule has 3 aromatic rings. The molecule has 0 spiro atoms. The monoisotopic (exact) mass is 576 g/mol. The minimum atomic E-state index is -4.73. The summed E-state index contributed by atoms with van der Waals surface area (Å²) in [7, 11) is 0. The van der Waals surface area contributed by atoms with E-state index >= 15 is 0 Å². The molecule has 2 amide bonds. The molecular weight excluding hydrogens is 544 g/mol. The van der Waals surface area contributed by atoms with E-state index in [4.69, 9.17) is 9.47 Å². The van der Waals surface area contributed by atoms with Crippen LogP contribution in [0.1, 0.15) is 39.7 Å². The van der Waals surface area contributed by atoms with Gasteiger partial charge in [0, 0.05) is 43.0 Å². The minimum Gasteiger partial charge on any atom is -0.488 e. The quantitative estimate of drug-likeness (QED) is 0.266. The number of anilines is 2. The Morgan fingerprint density at radius 3 is 2.49 bits per heavy atom. The van der Waals surface area contributed by atoms with E-state index in [0.717, 1.165) is 12.1 Å². The number of aromatic amines is 1. The summed E-state index contributed by atoms with van der Waals surface area (Å²) in [6.07, 6.45) is -2.76. The topological polar surface area (TPSA) is 95.7 Å². The van der Waals surface area contributed by atoms with Crippen molar-refractivity contribution in [1.29, 1.82) is 0 Å². The molecule has 2 aromatic carbocycles. The molecule has 1 saturated heterocycles. The van der Waals surface area contributed by atoms with E-state index in [2.05, 4.69) is 20.5 Å². The number of ether oxygens (including phenoxy) is 2. The van der Waals surface area contributed by atoms with Crippen LogP contribution in [0.25, 0.3) is 11.1 Å². The van der Waals surface area contributed by atoms with Crippen molar-refractivity contribution in [3.8, 4) is 22.6 Å². The van der Waals surface area contributed by atoms with Crippen LogP contribution < -0.4 is 25.7 Å². The second-order valence-electron chi connectivity index (χ2n) is 10.4. The van der Waals surface area contributed by atoms with Crippen LogP contribution in [0.2, 0.25) is 0 Å². The van der Waals surface area contributed by atoms with Crippen molar-refractivity contribution < 1.29 is 31.8 Å². The summed E-state index contributed by atoms with van der Waals surface area (Å²) >= 11 is 0. The number of aromatic nitrogens is 1. The fraction of sp³-hybridized carbons (Fsp3) is 0.379. The van der Waals surface area contributed by atoms with Gasteiger partial charge in [0.1, 0.15) is 17.2 Å². The number of carbonyl (C=O) groups excluding carboxylic acids is 1. The second-order valence-corrected chi connectivity index (χ2v) is 10.4. The Labute approximate surface area is 234 Å². The third kappa shape index (κ3) is 7.18. The number of nitrogens with zero attached hydrogens (tertiary/aromatic N) is 1. The van der Waals surface area contributed by atoms with Gasteiger partial charge >= 0.3 is 12.2 Å². The molecule has 1 atom stereocenters. The Morgan fingerprint density at radius 2 is 1.85 bits per heavy atom. The maximum absolute atomic E-state index is 14.8. The Bertz CT molecular complexity index is 1470. The molecule has 0 saturated carbocycles. The first-order chi connectivity index (χ1) is 19.3. The zero-order chi connectivity index (χ0) is 29.9. The number of halogens is 4. The normalized spacial score (nSPS) is 17.5. The SMILES string of the molecule is CCOc1cc(-c2ccc(NC(=O)Nc3ccc(OC4(C)CCN(C(C)C)C4)c(C(F)(F)F)c3)c(F)c2)c[nH]c1=O. The van der Waals surface area contributed by atoms with Crippen LogP contribution in [-0.2, 0) is 6.18 Å². The summed E-state index contributed by atoms with van der Waals surface area (Å²) in [4.78, 5) is 29.0. The average Bonchev–Trinajstić information content (AvgIpc) is 3.29. The van der Waals surface area contributed by atoms with Gasteiger partial charge in [0.05, 0.1) is 17.9 Å². The fourth-order valence-corrected chi connectivity index (χ4v) is 4.65. The largest absolute Gasteiger partial charge is 0.488 e. The number of hydrogen-bond acceptors (Lipinski definition) is 5. The van der Waals surface area contributed by atoms with Crippen molar-refractivity contribution in [3.63, 3.8) is 0 Å². The van der Waals surface area contributed by atoms with Crippen molar-refractivity contribution in [2.75, 3.05) is 30.3 Å². The molecule has 3 N–H and O–H groups in total. The lowest BCUT2D eigenvalue weighted by Crippen LogP contribution is -2.38. The number of carbonyl (C=O) groups is 1. The third-order valence-corrected chi connectivity index (χ3v) is 6.81. The molecule has 0 radical (unpaired) electrons. The zero-order valence-corrected chi connectivity index (χ0v) is 23.1. The van der Waals surface area contributed by atoms with Crippen molar-refractivity contribution in [2.24, 2.45) is 0 Å². The van der Waals surface area contributed by atoms with Crippen molar-refractivity contribution in [3.05, 3.63) is 70.4 Å². The smallest absolute Gasteiger partial charge is 0.420 e. The van der Waals surface area contributed by atoms with Gasteiger partial charge in [0.25, 0.3) is 5.56 Å². The Balaban J connectivity index is 1.47. The Morgan fingerprint density at radius 1 is 1.10 bits per heavy atom. The molecule has 2 heterocycles. The lowest BCUT2D eigenvalue weighted by Gasteiger charge is -2.29. The summed E-state index contributed by atoms with van der Waals surface area (Å²) < 4.78 is 67.8. The molecule has 1 fully saturated rings. The number of urea groups is 1. The van der Waals surface area contributed by atoms with E-state index in [1.165, 1.54) is 36.5 Å². The molecule has 0 bridgehead atoms. The van der Waals surface area contributed by atoms with Crippen LogP contribution in [0, 0.1) is 5.82 Å². The second kappa shape index (κ2) is 11.8. The van der Waals surface area contributed by atoms with Gasteiger partial charge in [-0.3, -0.25) is 9.69 Å². The lowest BCUT2D eigenvalue weighted by molar-refractivity contribution is -0.139. The molecule has 220 valence electrons. The number of rotatable bonds is 8. The summed E-state index contributed by atoms with van der Waals surface area (Å²) in [5.41, 5.74) is -1.69. The van der Waals surface area contributed by atoms with E-state index in [-0.39, 0.29) is 35.5 Å². The number of benzene rings is 2. The molecule has 12 heteroatoms. The van der Waals surface area contributed by atoms with Gasteiger partial charge in [-0.2, -0.15) is 13.2 Å². The standard InChI is InChI=1S/C29H32F4N4O4/c1-5-40-25-13-19(15-34-26(25)38)18-6-8-23(22(30)12-18)36-27(39)35-20-7-9-24(21(14-20)29(31,32)33)41-28(4)10-11-37(16-28)17(2)3/h6-9,12-15,17H,5,10-11,16H2,1-4H3,(H,34,38)(H2,35,36,39). The summed E-state index contributed by atoms with van der Waals surface area (Å²) in [6.45, 7) is 9.02. The highest BCUT2D eigenvalue weighted by Gasteiger charge is 2.40. The van der Waals surface area contributed by atoms with Crippen molar-refractivity contribution >= 4 is 17.4 Å². The highest BCUT2D eigenvalue weighted by molar-refractivity contribution is 6.00. The molecule has 1 unspecified atom stereocenters. The Hall–Kier alpha value is -4.06. The van der Waals surface area contributed by atoms with Crippen LogP contribution in [0.3, 0.4) is 0 Å². The average molecular weight is 577 g/mol. The number of H-pyrrole nitrogens is 1. The molecule has 1 aromatic heterocycles. The van der Waals surface area contributed by atoms with Gasteiger partial charge < -0.3 is 25.1 Å². The summed E-state index contributed by atoms with van der Waals surface area (Å²) in [5, 5.41) is 4.63. The van der Waals surface area contributed by atoms with Crippen LogP contribution in [0.5, 0.6) is 11.5 Å². The number of hydrogen-bond donors (Lipinski definition) is 3. The molecule has 1 aliphatic rings. The molecule has 1 aliphatic heterocycles. The van der Waals surface area contributed by atoms with Gasteiger partial charge in [-0.1, -0.05) is 6.07 Å². The highest BCUT2D eigenvalue weighted by Crippen LogP contribution is 2.40. The minimum absolute atomic E-state index is 0.0801. The summed E-state index contributed by atoms with van der Waals surface area (Å²) in [5.74, 6) is -1.04. The molecule has 8 nitrogen and oxygen atoms in total. The lowest BCUT2D eigenvalue weighted by atomic mass is 10.1. The van der Waals surface area contributed by atoms with Crippen molar-refractivity contribution in [1.82, 2.24) is 9.88 Å². The van der Waals surface area contributed by atoms with E-state index in [1.807, 2.05) is 13.8 Å². The molecule has 0 aliphatic carbocycles. The number of nitrogens with one attached hydrogen (secondary N) is 3. The Kier molecular flexibility index (Phi) is 8.62. The van der Waals surface area contributed by atoms with E-state index in [9.17, 15) is 27.2 Å². The van der Waals surface area contributed by atoms with E-state index in [1.54, 1.807) is 13.8 Å². The summed E-state index contributed by atoms with van der Waals surface area (Å²) in [6, 6.07) is 8.01. The maximum Gasteiger partial charge on any atom is 0.420 e. The molecule has 4 rings (SSSR count). The number of alkyl halides is 3. The van der Waals surface area contributed by atoms with Gasteiger partial charge in [-0.15, -0.1) is 0 Å². The van der Waals surface area contributed by atoms with Gasteiger partial charge in [0.15, 0.2) is 5.75 Å². The van der Waals surface area contributed by atoms with Gasteiger partial charge in [-0.25, -0.2) is 9.18 Å².